The van der Waals surface area contributed by atoms with Gasteiger partial charge in [0, 0.05) is 24.9 Å². The van der Waals surface area contributed by atoms with Crippen LogP contribution in [-0.4, -0.2) is 39.0 Å². The number of nitrogens with zero attached hydrogens (tertiary/aromatic N) is 3. The van der Waals surface area contributed by atoms with Gasteiger partial charge in [-0.2, -0.15) is 5.10 Å². The molecule has 0 bridgehead atoms. The zero-order valence-electron chi connectivity index (χ0n) is 12.0. The summed E-state index contributed by atoms with van der Waals surface area (Å²) in [6.07, 6.45) is 2.29. The molecule has 2 atom stereocenters. The molecule has 1 aromatic heterocycles. The highest BCUT2D eigenvalue weighted by Crippen LogP contribution is 2.44. The standard InChI is InChI=1S/C16H17N3O2/c1-10(20)16-12-4-2-3-5-13(12)19(17-16)9-15(21)18-7-6-11-8-14(11)18/h2-5,11,14H,6-9H2,1H3. The number of carbonyl (C=O) groups excluding carboxylic acids is 2. The Morgan fingerprint density at radius 1 is 1.33 bits per heavy atom. The molecule has 1 amide bonds. The third kappa shape index (κ3) is 1.95. The van der Waals surface area contributed by atoms with Gasteiger partial charge in [-0.15, -0.1) is 0 Å². The topological polar surface area (TPSA) is 55.2 Å². The monoisotopic (exact) mass is 283 g/mol. The molecular weight excluding hydrogens is 266 g/mol. The van der Waals surface area contributed by atoms with E-state index in [4.69, 9.17) is 0 Å². The number of hydrogen-bond acceptors (Lipinski definition) is 3. The molecule has 2 aromatic rings. The van der Waals surface area contributed by atoms with Crippen LogP contribution < -0.4 is 0 Å². The fraction of sp³-hybridized carbons (Fsp3) is 0.438. The molecule has 1 saturated heterocycles. The molecule has 5 nitrogen and oxygen atoms in total. The number of amides is 1. The predicted molar refractivity (Wildman–Crippen MR) is 78.0 cm³/mol. The SMILES string of the molecule is CC(=O)c1nn(CC(=O)N2CCC3CC32)c2ccccc12. The van der Waals surface area contributed by atoms with E-state index in [-0.39, 0.29) is 18.2 Å². The summed E-state index contributed by atoms with van der Waals surface area (Å²) in [5, 5.41) is 5.18. The van der Waals surface area contributed by atoms with E-state index < -0.39 is 0 Å². The van der Waals surface area contributed by atoms with E-state index in [1.807, 2.05) is 29.2 Å². The molecule has 108 valence electrons. The molecule has 2 aliphatic rings. The van der Waals surface area contributed by atoms with Crippen molar-refractivity contribution < 1.29 is 9.59 Å². The Kier molecular flexibility index (Phi) is 2.64. The summed E-state index contributed by atoms with van der Waals surface area (Å²) in [7, 11) is 0. The Morgan fingerprint density at radius 3 is 2.81 bits per heavy atom. The van der Waals surface area contributed by atoms with Gasteiger partial charge in [0.25, 0.3) is 0 Å². The van der Waals surface area contributed by atoms with Crippen LogP contribution in [0.2, 0.25) is 0 Å². The summed E-state index contributed by atoms with van der Waals surface area (Å²) in [5.74, 6) is 0.778. The van der Waals surface area contributed by atoms with Gasteiger partial charge >= 0.3 is 0 Å². The third-order valence-corrected chi connectivity index (χ3v) is 4.62. The van der Waals surface area contributed by atoms with Gasteiger partial charge < -0.3 is 4.90 Å². The van der Waals surface area contributed by atoms with Gasteiger partial charge in [0.15, 0.2) is 5.78 Å². The first-order chi connectivity index (χ1) is 10.1. The second kappa shape index (κ2) is 4.41. The first kappa shape index (κ1) is 12.6. The van der Waals surface area contributed by atoms with E-state index in [0.29, 0.717) is 11.7 Å². The van der Waals surface area contributed by atoms with Gasteiger partial charge in [0.05, 0.1) is 5.52 Å². The number of ketones is 1. The molecule has 2 heterocycles. The number of aromatic nitrogens is 2. The van der Waals surface area contributed by atoms with Gasteiger partial charge in [-0.05, 0) is 24.8 Å². The number of Topliss-reactive ketones (excluding diaryl/α,β-unsaturated/α-hetero) is 1. The van der Waals surface area contributed by atoms with Crippen LogP contribution in [0.4, 0.5) is 0 Å². The minimum Gasteiger partial charge on any atom is -0.338 e. The van der Waals surface area contributed by atoms with Crippen LogP contribution in [0.5, 0.6) is 0 Å². The highest BCUT2D eigenvalue weighted by atomic mass is 16.2. The van der Waals surface area contributed by atoms with Gasteiger partial charge in [0.1, 0.15) is 12.2 Å². The lowest BCUT2D eigenvalue weighted by atomic mass is 10.2. The quantitative estimate of drug-likeness (QED) is 0.808. The van der Waals surface area contributed by atoms with Crippen LogP contribution in [0.15, 0.2) is 24.3 Å². The van der Waals surface area contributed by atoms with Crippen molar-refractivity contribution in [1.29, 1.82) is 0 Å². The fourth-order valence-electron chi connectivity index (χ4n) is 3.43. The summed E-state index contributed by atoms with van der Waals surface area (Å²) in [4.78, 5) is 26.1. The summed E-state index contributed by atoms with van der Waals surface area (Å²) in [5.41, 5.74) is 1.30. The first-order valence-corrected chi connectivity index (χ1v) is 7.41. The molecule has 1 aromatic carbocycles. The van der Waals surface area contributed by atoms with Crippen molar-refractivity contribution in [2.75, 3.05) is 6.54 Å². The Balaban J connectivity index is 1.67. The number of hydrogen-bond donors (Lipinski definition) is 0. The van der Waals surface area contributed by atoms with Crippen molar-refractivity contribution in [2.24, 2.45) is 5.92 Å². The van der Waals surface area contributed by atoms with Crippen molar-refractivity contribution in [1.82, 2.24) is 14.7 Å². The first-order valence-electron chi connectivity index (χ1n) is 7.41. The van der Waals surface area contributed by atoms with Crippen molar-refractivity contribution in [3.05, 3.63) is 30.0 Å². The predicted octanol–water partition coefficient (Wildman–Crippen LogP) is 1.86. The molecule has 1 aliphatic carbocycles. The second-order valence-corrected chi connectivity index (χ2v) is 6.02. The number of fused-ring (bicyclic) bond motifs is 2. The van der Waals surface area contributed by atoms with Crippen LogP contribution in [0.3, 0.4) is 0 Å². The molecule has 0 N–H and O–H groups in total. The summed E-state index contributed by atoms with van der Waals surface area (Å²) in [6.45, 7) is 2.60. The summed E-state index contributed by atoms with van der Waals surface area (Å²) < 4.78 is 1.67. The molecule has 0 spiro atoms. The number of carbonyl (C=O) groups is 2. The number of para-hydroxylation sites is 1. The smallest absolute Gasteiger partial charge is 0.244 e. The van der Waals surface area contributed by atoms with Gasteiger partial charge in [-0.3, -0.25) is 14.3 Å². The van der Waals surface area contributed by atoms with E-state index in [2.05, 4.69) is 5.10 Å². The molecule has 1 aliphatic heterocycles. The Bertz CT molecular complexity index is 749. The number of likely N-dealkylation sites (tertiary alicyclic amines) is 1. The maximum absolute atomic E-state index is 12.5. The highest BCUT2D eigenvalue weighted by molar-refractivity contribution is 6.05. The largest absolute Gasteiger partial charge is 0.338 e. The summed E-state index contributed by atoms with van der Waals surface area (Å²) in [6, 6.07) is 8.05. The zero-order chi connectivity index (χ0) is 14.6. The number of piperidine rings is 1. The number of benzene rings is 1. The van der Waals surface area contributed by atoms with E-state index in [9.17, 15) is 9.59 Å². The zero-order valence-corrected chi connectivity index (χ0v) is 12.0. The lowest BCUT2D eigenvalue weighted by Gasteiger charge is -2.18. The van der Waals surface area contributed by atoms with Gasteiger partial charge in [-0.1, -0.05) is 18.2 Å². The Morgan fingerprint density at radius 2 is 2.14 bits per heavy atom. The number of rotatable bonds is 3. The van der Waals surface area contributed by atoms with E-state index >= 15 is 0 Å². The van der Waals surface area contributed by atoms with E-state index in [0.717, 1.165) is 36.2 Å². The Hall–Kier alpha value is -2.17. The molecule has 4 rings (SSSR count). The van der Waals surface area contributed by atoms with Crippen molar-refractivity contribution >= 4 is 22.6 Å². The molecule has 1 saturated carbocycles. The fourth-order valence-corrected chi connectivity index (χ4v) is 3.43. The maximum Gasteiger partial charge on any atom is 0.244 e. The second-order valence-electron chi connectivity index (χ2n) is 6.02. The molecule has 2 unspecified atom stereocenters. The summed E-state index contributed by atoms with van der Waals surface area (Å²) >= 11 is 0. The highest BCUT2D eigenvalue weighted by Gasteiger charge is 2.48. The minimum atomic E-state index is -0.0687. The van der Waals surface area contributed by atoms with E-state index in [1.54, 1.807) is 4.68 Å². The van der Waals surface area contributed by atoms with E-state index in [1.165, 1.54) is 6.92 Å². The average Bonchev–Trinajstić information content (AvgIpc) is 2.97. The lowest BCUT2D eigenvalue weighted by molar-refractivity contribution is -0.131. The van der Waals surface area contributed by atoms with Crippen LogP contribution in [0.25, 0.3) is 10.9 Å². The Labute approximate surface area is 122 Å². The van der Waals surface area contributed by atoms with Gasteiger partial charge in [-0.25, -0.2) is 0 Å². The van der Waals surface area contributed by atoms with Crippen LogP contribution in [-0.2, 0) is 11.3 Å². The van der Waals surface area contributed by atoms with Crippen molar-refractivity contribution in [3.63, 3.8) is 0 Å². The molecular formula is C16H17N3O2. The van der Waals surface area contributed by atoms with Crippen molar-refractivity contribution in [2.45, 2.75) is 32.4 Å². The van der Waals surface area contributed by atoms with Crippen LogP contribution >= 0.6 is 0 Å². The average molecular weight is 283 g/mol. The van der Waals surface area contributed by atoms with Crippen molar-refractivity contribution in [3.8, 4) is 0 Å². The molecule has 21 heavy (non-hydrogen) atoms. The van der Waals surface area contributed by atoms with Crippen LogP contribution in [0.1, 0.15) is 30.3 Å². The normalized spacial score (nSPS) is 23.4. The minimum absolute atomic E-state index is 0.0687. The lowest BCUT2D eigenvalue weighted by Crippen LogP contribution is -2.34. The molecule has 0 radical (unpaired) electrons. The van der Waals surface area contributed by atoms with Crippen LogP contribution in [0, 0.1) is 5.92 Å². The third-order valence-electron chi connectivity index (χ3n) is 4.62. The molecule has 2 fully saturated rings. The van der Waals surface area contributed by atoms with Gasteiger partial charge in [0.2, 0.25) is 5.91 Å². The maximum atomic E-state index is 12.5. The molecule has 5 heteroatoms.